The second-order valence-electron chi connectivity index (χ2n) is 5.98. The number of anilines is 2. The van der Waals surface area contributed by atoms with Gasteiger partial charge in [-0.1, -0.05) is 0 Å². The number of piperidine rings is 1. The van der Waals surface area contributed by atoms with Gasteiger partial charge in [-0.3, -0.25) is 9.78 Å². The molecule has 1 aliphatic heterocycles. The number of carbonyl (C=O) groups excluding carboxylic acids is 1. The first-order valence-electron chi connectivity index (χ1n) is 8.13. The molecule has 1 fully saturated rings. The van der Waals surface area contributed by atoms with Crippen LogP contribution in [0.2, 0.25) is 0 Å². The summed E-state index contributed by atoms with van der Waals surface area (Å²) in [4.78, 5) is 18.6. The van der Waals surface area contributed by atoms with Gasteiger partial charge in [0.05, 0.1) is 5.56 Å². The number of benzene rings is 1. The number of pyridine rings is 1. The van der Waals surface area contributed by atoms with Gasteiger partial charge in [0.1, 0.15) is 5.69 Å². The Labute approximate surface area is 143 Å². The van der Waals surface area contributed by atoms with E-state index in [1.807, 2.05) is 6.07 Å². The van der Waals surface area contributed by atoms with Crippen molar-refractivity contribution in [1.82, 2.24) is 4.98 Å². The fraction of sp³-hybridized carbons (Fsp3) is 0.333. The molecule has 1 N–H and O–H groups in total. The molecule has 0 atom stereocenters. The zero-order valence-electron chi connectivity index (χ0n) is 13.5. The van der Waals surface area contributed by atoms with Crippen molar-refractivity contribution in [2.45, 2.75) is 25.4 Å². The Morgan fingerprint density at radius 1 is 1.04 bits per heavy atom. The molecule has 0 radical (unpaired) electrons. The highest BCUT2D eigenvalue weighted by molar-refractivity contribution is 6.03. The first-order valence-corrected chi connectivity index (χ1v) is 8.13. The fourth-order valence-corrected chi connectivity index (χ4v) is 2.83. The lowest BCUT2D eigenvalue weighted by Gasteiger charge is -2.28. The standard InChI is InChI=1S/C18H18F3N3O/c19-18(20,21)13-4-6-14(7-5-13)23-17(25)16-12-15(8-9-22-16)24-10-2-1-3-11-24/h4-9,12H,1-3,10-11H2,(H,23,25). The number of hydrogen-bond acceptors (Lipinski definition) is 3. The maximum absolute atomic E-state index is 12.6. The van der Waals surface area contributed by atoms with E-state index in [2.05, 4.69) is 15.2 Å². The number of amides is 1. The summed E-state index contributed by atoms with van der Waals surface area (Å²) in [6.45, 7) is 1.90. The van der Waals surface area contributed by atoms with Crippen molar-refractivity contribution < 1.29 is 18.0 Å². The van der Waals surface area contributed by atoms with Gasteiger partial charge < -0.3 is 10.2 Å². The summed E-state index contributed by atoms with van der Waals surface area (Å²) in [5.41, 5.74) is 0.717. The normalized spacial score (nSPS) is 15.1. The molecular formula is C18H18F3N3O. The van der Waals surface area contributed by atoms with Gasteiger partial charge in [-0.25, -0.2) is 0 Å². The van der Waals surface area contributed by atoms with Crippen LogP contribution in [0.3, 0.4) is 0 Å². The van der Waals surface area contributed by atoms with Crippen LogP contribution >= 0.6 is 0 Å². The summed E-state index contributed by atoms with van der Waals surface area (Å²) in [6, 6.07) is 7.91. The number of nitrogens with zero attached hydrogens (tertiary/aromatic N) is 2. The summed E-state index contributed by atoms with van der Waals surface area (Å²) in [6.07, 6.45) is 0.631. The van der Waals surface area contributed by atoms with E-state index in [9.17, 15) is 18.0 Å². The van der Waals surface area contributed by atoms with Gasteiger partial charge in [-0.05, 0) is 55.7 Å². The smallest absolute Gasteiger partial charge is 0.371 e. The number of nitrogens with one attached hydrogen (secondary N) is 1. The van der Waals surface area contributed by atoms with E-state index >= 15 is 0 Å². The minimum atomic E-state index is -4.40. The molecule has 25 heavy (non-hydrogen) atoms. The van der Waals surface area contributed by atoms with Crippen LogP contribution in [0.1, 0.15) is 35.3 Å². The molecule has 0 bridgehead atoms. The van der Waals surface area contributed by atoms with E-state index in [1.165, 1.54) is 18.6 Å². The minimum Gasteiger partial charge on any atom is -0.371 e. The average Bonchev–Trinajstić information content (AvgIpc) is 2.62. The molecule has 0 spiro atoms. The molecule has 1 saturated heterocycles. The maximum Gasteiger partial charge on any atom is 0.416 e. The van der Waals surface area contributed by atoms with E-state index in [0.717, 1.165) is 43.8 Å². The average molecular weight is 349 g/mol. The predicted molar refractivity (Wildman–Crippen MR) is 89.7 cm³/mol. The molecule has 2 aromatic rings. The molecule has 7 heteroatoms. The van der Waals surface area contributed by atoms with E-state index in [4.69, 9.17) is 0 Å². The van der Waals surface area contributed by atoms with E-state index in [-0.39, 0.29) is 5.69 Å². The topological polar surface area (TPSA) is 45.2 Å². The van der Waals surface area contributed by atoms with Crippen LogP contribution in [0.25, 0.3) is 0 Å². The van der Waals surface area contributed by atoms with Gasteiger partial charge in [0.25, 0.3) is 5.91 Å². The Morgan fingerprint density at radius 3 is 2.36 bits per heavy atom. The zero-order chi connectivity index (χ0) is 17.9. The number of alkyl halides is 3. The summed E-state index contributed by atoms with van der Waals surface area (Å²) in [5.74, 6) is -0.446. The number of hydrogen-bond donors (Lipinski definition) is 1. The highest BCUT2D eigenvalue weighted by Crippen LogP contribution is 2.30. The van der Waals surface area contributed by atoms with Crippen molar-refractivity contribution in [3.8, 4) is 0 Å². The molecule has 3 rings (SSSR count). The van der Waals surface area contributed by atoms with Gasteiger partial charge in [0.2, 0.25) is 0 Å². The second-order valence-corrected chi connectivity index (χ2v) is 5.98. The van der Waals surface area contributed by atoms with E-state index in [0.29, 0.717) is 5.69 Å². The first kappa shape index (κ1) is 17.3. The Hall–Kier alpha value is -2.57. The number of aromatic nitrogens is 1. The van der Waals surface area contributed by atoms with Crippen molar-refractivity contribution >= 4 is 17.3 Å². The lowest BCUT2D eigenvalue weighted by molar-refractivity contribution is -0.137. The molecule has 1 aromatic carbocycles. The molecule has 132 valence electrons. The van der Waals surface area contributed by atoms with Gasteiger partial charge in [0.15, 0.2) is 0 Å². The highest BCUT2D eigenvalue weighted by Gasteiger charge is 2.30. The van der Waals surface area contributed by atoms with Crippen LogP contribution in [0, 0.1) is 0 Å². The van der Waals surface area contributed by atoms with Crippen molar-refractivity contribution in [1.29, 1.82) is 0 Å². The fourth-order valence-electron chi connectivity index (χ4n) is 2.83. The van der Waals surface area contributed by atoms with Gasteiger partial charge >= 0.3 is 6.18 Å². The van der Waals surface area contributed by atoms with Crippen molar-refractivity contribution in [3.63, 3.8) is 0 Å². The van der Waals surface area contributed by atoms with Crippen molar-refractivity contribution in [3.05, 3.63) is 53.9 Å². The van der Waals surface area contributed by atoms with Gasteiger partial charge in [0, 0.05) is 30.7 Å². The summed E-state index contributed by atoms with van der Waals surface area (Å²) in [7, 11) is 0. The second kappa shape index (κ2) is 7.13. The van der Waals surface area contributed by atoms with Crippen LogP contribution in [0.4, 0.5) is 24.5 Å². The lowest BCUT2D eigenvalue weighted by atomic mass is 10.1. The van der Waals surface area contributed by atoms with Crippen molar-refractivity contribution in [2.24, 2.45) is 0 Å². The molecular weight excluding hydrogens is 331 g/mol. The Bertz CT molecular complexity index is 738. The molecule has 1 aliphatic rings. The zero-order valence-corrected chi connectivity index (χ0v) is 13.5. The monoisotopic (exact) mass is 349 g/mol. The Morgan fingerprint density at radius 2 is 1.72 bits per heavy atom. The number of rotatable bonds is 3. The van der Waals surface area contributed by atoms with Crippen LogP contribution in [0.15, 0.2) is 42.6 Å². The molecule has 0 saturated carbocycles. The minimum absolute atomic E-state index is 0.239. The van der Waals surface area contributed by atoms with Gasteiger partial charge in [-0.15, -0.1) is 0 Å². The third kappa shape index (κ3) is 4.29. The SMILES string of the molecule is O=C(Nc1ccc(C(F)(F)F)cc1)c1cc(N2CCCCC2)ccn1. The molecule has 2 heterocycles. The summed E-state index contributed by atoms with van der Waals surface area (Å²) in [5, 5.41) is 2.58. The molecule has 1 amide bonds. The summed E-state index contributed by atoms with van der Waals surface area (Å²) < 4.78 is 37.7. The quantitative estimate of drug-likeness (QED) is 0.896. The highest BCUT2D eigenvalue weighted by atomic mass is 19.4. The third-order valence-electron chi connectivity index (χ3n) is 4.17. The van der Waals surface area contributed by atoms with Crippen LogP contribution < -0.4 is 10.2 Å². The molecule has 4 nitrogen and oxygen atoms in total. The van der Waals surface area contributed by atoms with E-state index in [1.54, 1.807) is 12.3 Å². The lowest BCUT2D eigenvalue weighted by Crippen LogP contribution is -2.29. The maximum atomic E-state index is 12.6. The third-order valence-corrected chi connectivity index (χ3v) is 4.17. The Balaban J connectivity index is 1.70. The summed E-state index contributed by atoms with van der Waals surface area (Å²) >= 11 is 0. The molecule has 1 aromatic heterocycles. The predicted octanol–water partition coefficient (Wildman–Crippen LogP) is 4.34. The van der Waals surface area contributed by atoms with Crippen LogP contribution in [0.5, 0.6) is 0 Å². The van der Waals surface area contributed by atoms with E-state index < -0.39 is 17.6 Å². The van der Waals surface area contributed by atoms with Crippen LogP contribution in [-0.2, 0) is 6.18 Å². The Kier molecular flexibility index (Phi) is 4.92. The largest absolute Gasteiger partial charge is 0.416 e. The molecule has 0 aliphatic carbocycles. The number of halogens is 3. The van der Waals surface area contributed by atoms with Crippen molar-refractivity contribution in [2.75, 3.05) is 23.3 Å². The molecule has 0 unspecified atom stereocenters. The first-order chi connectivity index (χ1) is 11.9. The van der Waals surface area contributed by atoms with Crippen LogP contribution in [-0.4, -0.2) is 24.0 Å². The number of carbonyl (C=O) groups is 1. The van der Waals surface area contributed by atoms with Gasteiger partial charge in [-0.2, -0.15) is 13.2 Å².